The lowest BCUT2D eigenvalue weighted by atomic mass is 9.86. The molecule has 1 saturated heterocycles. The molecule has 35 heavy (non-hydrogen) atoms. The second kappa shape index (κ2) is 9.97. The number of nitrogens with zero attached hydrogens (tertiary/aromatic N) is 5. The number of anilines is 1. The fraction of sp³-hybridized carbons (Fsp3) is 0.320. The number of benzene rings is 2. The highest BCUT2D eigenvalue weighted by Crippen LogP contribution is 2.39. The normalized spacial score (nSPS) is 19.9. The van der Waals surface area contributed by atoms with Crippen molar-refractivity contribution in [2.75, 3.05) is 44.8 Å². The molecule has 1 aromatic heterocycles. The molecule has 3 heterocycles. The van der Waals surface area contributed by atoms with E-state index in [0.717, 1.165) is 11.3 Å². The first-order chi connectivity index (χ1) is 17.0. The van der Waals surface area contributed by atoms with Crippen LogP contribution in [-0.4, -0.2) is 66.2 Å². The Morgan fingerprint density at radius 3 is 2.49 bits per heavy atom. The van der Waals surface area contributed by atoms with Gasteiger partial charge in [0.05, 0.1) is 34.6 Å². The number of halogens is 3. The number of hydrogen-bond donors (Lipinski definition) is 0. The van der Waals surface area contributed by atoms with Crippen molar-refractivity contribution in [3.63, 3.8) is 0 Å². The third-order valence-corrected chi connectivity index (χ3v) is 7.21. The van der Waals surface area contributed by atoms with Crippen molar-refractivity contribution < 1.29 is 13.9 Å². The van der Waals surface area contributed by atoms with Gasteiger partial charge in [0.15, 0.2) is 5.82 Å². The predicted molar refractivity (Wildman–Crippen MR) is 134 cm³/mol. The topological polar surface area (TPSA) is 63.0 Å². The van der Waals surface area contributed by atoms with Crippen molar-refractivity contribution in [1.82, 2.24) is 14.7 Å². The summed E-state index contributed by atoms with van der Waals surface area (Å²) in [5.74, 6) is -0.275. The van der Waals surface area contributed by atoms with E-state index in [2.05, 4.69) is 10.00 Å². The summed E-state index contributed by atoms with van der Waals surface area (Å²) < 4.78 is 20.5. The molecule has 2 aliphatic heterocycles. The maximum absolute atomic E-state index is 14.0. The van der Waals surface area contributed by atoms with Crippen LogP contribution in [0.15, 0.2) is 59.7 Å². The minimum atomic E-state index is -0.614. The molecule has 2 aromatic carbocycles. The number of carbonyl (C=O) groups is 1. The fourth-order valence-corrected chi connectivity index (χ4v) is 5.07. The van der Waals surface area contributed by atoms with Gasteiger partial charge < -0.3 is 14.5 Å². The number of methoxy groups -OCH3 is 1. The van der Waals surface area contributed by atoms with Crippen LogP contribution in [0.1, 0.15) is 11.6 Å². The number of piperazine rings is 1. The number of hydrogen-bond acceptors (Lipinski definition) is 5. The van der Waals surface area contributed by atoms with Crippen LogP contribution < -0.4 is 4.90 Å². The van der Waals surface area contributed by atoms with Crippen molar-refractivity contribution >= 4 is 46.3 Å². The van der Waals surface area contributed by atoms with Crippen molar-refractivity contribution in [1.29, 1.82) is 0 Å². The predicted octanol–water partition coefficient (Wildman–Crippen LogP) is 4.62. The Hall–Kier alpha value is -2.94. The van der Waals surface area contributed by atoms with E-state index in [1.807, 2.05) is 17.0 Å². The maximum Gasteiger partial charge on any atom is 0.234 e. The zero-order valence-electron chi connectivity index (χ0n) is 19.1. The summed E-state index contributed by atoms with van der Waals surface area (Å²) in [4.78, 5) is 22.7. The molecule has 2 atom stereocenters. The number of carbonyl (C=O) groups excluding carboxylic acids is 1. The standard InChI is InChI=1S/C25H24Cl2FN5O2/c1-35-15-21-23(25(34)32-12-10-31(11-13-32)18-5-3-17(28)4-6-18)24(33-22(30-21)8-9-29-33)16-2-7-19(26)20(27)14-16/h2-9,14,23-24H,10-13,15H2,1H3. The van der Waals surface area contributed by atoms with Gasteiger partial charge in [-0.25, -0.2) is 14.1 Å². The van der Waals surface area contributed by atoms with Crippen molar-refractivity contribution in [2.24, 2.45) is 10.9 Å². The Balaban J connectivity index is 1.45. The van der Waals surface area contributed by atoms with Crippen LogP contribution in [-0.2, 0) is 9.53 Å². The van der Waals surface area contributed by atoms with Crippen LogP contribution in [0.4, 0.5) is 15.9 Å². The number of aliphatic imine (C=N–C) groups is 1. The first-order valence-corrected chi connectivity index (χ1v) is 12.1. The summed E-state index contributed by atoms with van der Waals surface area (Å²) in [5, 5.41) is 5.33. The summed E-state index contributed by atoms with van der Waals surface area (Å²) in [5.41, 5.74) is 2.39. The number of fused-ring (bicyclic) bond motifs is 1. The van der Waals surface area contributed by atoms with Gasteiger partial charge in [0.1, 0.15) is 11.7 Å². The van der Waals surface area contributed by atoms with Crippen molar-refractivity contribution in [2.45, 2.75) is 6.04 Å². The SMILES string of the molecule is COCC1=Nc2ccnn2C(c2ccc(Cl)c(Cl)c2)C1C(=O)N1CCN(c2ccc(F)cc2)CC1. The average molecular weight is 516 g/mol. The molecule has 0 saturated carbocycles. The Morgan fingerprint density at radius 1 is 1.06 bits per heavy atom. The second-order valence-electron chi connectivity index (χ2n) is 8.55. The second-order valence-corrected chi connectivity index (χ2v) is 9.37. The Kier molecular flexibility index (Phi) is 6.77. The first kappa shape index (κ1) is 23.8. The molecule has 182 valence electrons. The molecular formula is C25H24Cl2FN5O2. The summed E-state index contributed by atoms with van der Waals surface area (Å²) in [7, 11) is 1.59. The zero-order chi connectivity index (χ0) is 24.5. The molecule has 3 aromatic rings. The molecule has 1 fully saturated rings. The molecule has 1 amide bonds. The van der Waals surface area contributed by atoms with E-state index in [4.69, 9.17) is 32.9 Å². The fourth-order valence-electron chi connectivity index (χ4n) is 4.76. The molecule has 5 rings (SSSR count). The van der Waals surface area contributed by atoms with Crippen molar-refractivity contribution in [3.8, 4) is 0 Å². The summed E-state index contributed by atoms with van der Waals surface area (Å²) in [6, 6.07) is 13.2. The van der Waals surface area contributed by atoms with Gasteiger partial charge in [-0.1, -0.05) is 29.3 Å². The van der Waals surface area contributed by atoms with Gasteiger partial charge in [-0.2, -0.15) is 5.10 Å². The lowest BCUT2D eigenvalue weighted by molar-refractivity contribution is -0.134. The van der Waals surface area contributed by atoms with Crippen LogP contribution in [0.25, 0.3) is 0 Å². The molecule has 0 radical (unpaired) electrons. The van der Waals surface area contributed by atoms with Crippen LogP contribution in [0.5, 0.6) is 0 Å². The molecule has 2 aliphatic rings. The van der Waals surface area contributed by atoms with E-state index in [1.54, 1.807) is 42.3 Å². The van der Waals surface area contributed by atoms with Crippen LogP contribution in [0.2, 0.25) is 10.0 Å². The highest BCUT2D eigenvalue weighted by molar-refractivity contribution is 6.42. The molecule has 0 bridgehead atoms. The summed E-state index contributed by atoms with van der Waals surface area (Å²) >= 11 is 12.5. The molecule has 2 unspecified atom stereocenters. The van der Waals surface area contributed by atoms with Crippen LogP contribution in [0.3, 0.4) is 0 Å². The van der Waals surface area contributed by atoms with E-state index in [-0.39, 0.29) is 18.3 Å². The van der Waals surface area contributed by atoms with Crippen LogP contribution in [0, 0.1) is 11.7 Å². The quantitative estimate of drug-likeness (QED) is 0.497. The minimum Gasteiger partial charge on any atom is -0.379 e. The van der Waals surface area contributed by atoms with Gasteiger partial charge in [0, 0.05) is 45.0 Å². The lowest BCUT2D eigenvalue weighted by Gasteiger charge is -2.40. The minimum absolute atomic E-state index is 0.0446. The molecular weight excluding hydrogens is 492 g/mol. The van der Waals surface area contributed by atoms with Crippen LogP contribution >= 0.6 is 23.2 Å². The van der Waals surface area contributed by atoms with Gasteiger partial charge in [0.25, 0.3) is 0 Å². The highest BCUT2D eigenvalue weighted by atomic mass is 35.5. The van der Waals surface area contributed by atoms with Crippen molar-refractivity contribution in [3.05, 3.63) is 76.2 Å². The Labute approximate surface area is 212 Å². The number of ether oxygens (including phenoxy) is 1. The van der Waals surface area contributed by atoms with Gasteiger partial charge in [-0.3, -0.25) is 4.79 Å². The van der Waals surface area contributed by atoms with E-state index in [0.29, 0.717) is 47.8 Å². The third-order valence-electron chi connectivity index (χ3n) is 6.47. The lowest BCUT2D eigenvalue weighted by Crippen LogP contribution is -2.53. The molecule has 0 spiro atoms. The van der Waals surface area contributed by atoms with Gasteiger partial charge in [-0.05, 0) is 42.0 Å². The first-order valence-electron chi connectivity index (χ1n) is 11.3. The summed E-state index contributed by atoms with van der Waals surface area (Å²) in [6.07, 6.45) is 1.67. The van der Waals surface area contributed by atoms with E-state index >= 15 is 0 Å². The smallest absolute Gasteiger partial charge is 0.234 e. The highest BCUT2D eigenvalue weighted by Gasteiger charge is 2.42. The average Bonchev–Trinajstić information content (AvgIpc) is 3.34. The van der Waals surface area contributed by atoms with Gasteiger partial charge >= 0.3 is 0 Å². The molecule has 0 aliphatic carbocycles. The number of amides is 1. The summed E-state index contributed by atoms with van der Waals surface area (Å²) in [6.45, 7) is 2.58. The van der Waals surface area contributed by atoms with E-state index in [9.17, 15) is 9.18 Å². The van der Waals surface area contributed by atoms with Gasteiger partial charge in [-0.15, -0.1) is 0 Å². The number of aromatic nitrogens is 2. The van der Waals surface area contributed by atoms with E-state index in [1.165, 1.54) is 12.1 Å². The molecule has 7 nitrogen and oxygen atoms in total. The van der Waals surface area contributed by atoms with Gasteiger partial charge in [0.2, 0.25) is 5.91 Å². The molecule has 0 N–H and O–H groups in total. The monoisotopic (exact) mass is 515 g/mol. The maximum atomic E-state index is 14.0. The largest absolute Gasteiger partial charge is 0.379 e. The number of rotatable bonds is 5. The Bertz CT molecular complexity index is 1250. The molecule has 10 heteroatoms. The third kappa shape index (κ3) is 4.66. The zero-order valence-corrected chi connectivity index (χ0v) is 20.6. The van der Waals surface area contributed by atoms with E-state index < -0.39 is 12.0 Å². The Morgan fingerprint density at radius 2 is 1.80 bits per heavy atom.